The molecule has 0 saturated carbocycles. The highest BCUT2D eigenvalue weighted by Crippen LogP contribution is 2.44. The highest BCUT2D eigenvalue weighted by atomic mass is 32.1. The molecule has 4 heterocycles. The van der Waals surface area contributed by atoms with Gasteiger partial charge in [-0.15, -0.1) is 0 Å². The number of anilines is 1. The van der Waals surface area contributed by atoms with Crippen molar-refractivity contribution in [2.24, 2.45) is 11.8 Å². The maximum atomic E-state index is 13.0. The van der Waals surface area contributed by atoms with Crippen molar-refractivity contribution in [2.75, 3.05) is 18.0 Å². The van der Waals surface area contributed by atoms with Crippen LogP contribution in [0, 0.1) is 11.8 Å². The number of rotatable bonds is 3. The number of hydrogen-bond acceptors (Lipinski definition) is 4. The first kappa shape index (κ1) is 18.4. The fourth-order valence-corrected chi connectivity index (χ4v) is 7.03. The predicted octanol–water partition coefficient (Wildman–Crippen LogP) is 4.74. The number of carbonyl (C=O) groups is 1. The monoisotopic (exact) mass is 417 g/mol. The zero-order chi connectivity index (χ0) is 20.1. The van der Waals surface area contributed by atoms with Gasteiger partial charge < -0.3 is 9.80 Å². The Hall–Kier alpha value is -2.40. The molecule has 3 saturated heterocycles. The van der Waals surface area contributed by atoms with Gasteiger partial charge in [-0.05, 0) is 55.2 Å². The number of thiazole rings is 1. The first-order valence-corrected chi connectivity index (χ1v) is 12.0. The minimum Gasteiger partial charge on any atom is -0.347 e. The highest BCUT2D eigenvalue weighted by Gasteiger charge is 2.49. The van der Waals surface area contributed by atoms with Crippen LogP contribution in [0.1, 0.15) is 31.2 Å². The van der Waals surface area contributed by atoms with Crippen LogP contribution in [0.15, 0.2) is 54.6 Å². The second-order valence-corrected chi connectivity index (χ2v) is 10.2. The van der Waals surface area contributed by atoms with Crippen molar-refractivity contribution in [1.82, 2.24) is 9.88 Å². The Morgan fingerprint density at radius 2 is 1.80 bits per heavy atom. The molecule has 1 amide bonds. The van der Waals surface area contributed by atoms with E-state index in [1.165, 1.54) is 16.7 Å². The summed E-state index contributed by atoms with van der Waals surface area (Å²) < 4.78 is 1.26. The summed E-state index contributed by atoms with van der Waals surface area (Å²) in [5.41, 5.74) is 2.44. The van der Waals surface area contributed by atoms with Crippen molar-refractivity contribution >= 4 is 32.6 Å². The Morgan fingerprint density at radius 1 is 1.00 bits per heavy atom. The summed E-state index contributed by atoms with van der Waals surface area (Å²) in [6.07, 6.45) is 5.13. The van der Waals surface area contributed by atoms with Gasteiger partial charge >= 0.3 is 0 Å². The molecule has 30 heavy (non-hydrogen) atoms. The topological polar surface area (TPSA) is 36.4 Å². The molecule has 0 unspecified atom stereocenters. The van der Waals surface area contributed by atoms with Gasteiger partial charge in [-0.3, -0.25) is 4.79 Å². The summed E-state index contributed by atoms with van der Waals surface area (Å²) in [5.74, 6) is 1.46. The first-order valence-electron chi connectivity index (χ1n) is 11.2. The molecule has 0 aliphatic carbocycles. The molecule has 4 nitrogen and oxygen atoms in total. The van der Waals surface area contributed by atoms with Crippen LogP contribution in [0.2, 0.25) is 0 Å². The number of para-hydroxylation sites is 1. The number of carbonyl (C=O) groups excluding carboxylic acids is 1. The Balaban J connectivity index is 1.34. The van der Waals surface area contributed by atoms with E-state index in [1.807, 2.05) is 11.3 Å². The molecular formula is C25H27N3OS. The fourth-order valence-electron chi connectivity index (χ4n) is 6.04. The predicted molar refractivity (Wildman–Crippen MR) is 122 cm³/mol. The van der Waals surface area contributed by atoms with Gasteiger partial charge in [0.05, 0.1) is 10.2 Å². The number of aromatic nitrogens is 1. The van der Waals surface area contributed by atoms with E-state index < -0.39 is 0 Å². The zero-order valence-electron chi connectivity index (χ0n) is 17.1. The molecular weight excluding hydrogens is 390 g/mol. The molecule has 5 heteroatoms. The van der Waals surface area contributed by atoms with Gasteiger partial charge in [0.1, 0.15) is 0 Å². The Labute approximate surface area is 181 Å². The second-order valence-electron chi connectivity index (χ2n) is 9.14. The van der Waals surface area contributed by atoms with E-state index in [-0.39, 0.29) is 0 Å². The Kier molecular flexibility index (Phi) is 4.52. The minimum absolute atomic E-state index is 0.304. The van der Waals surface area contributed by atoms with Crippen molar-refractivity contribution in [3.8, 4) is 0 Å². The zero-order valence-corrected chi connectivity index (χ0v) is 17.9. The summed E-state index contributed by atoms with van der Waals surface area (Å²) in [7, 11) is 0. The van der Waals surface area contributed by atoms with E-state index in [4.69, 9.17) is 4.98 Å². The van der Waals surface area contributed by atoms with Gasteiger partial charge in [-0.2, -0.15) is 0 Å². The number of fused-ring (bicyclic) bond motifs is 5. The largest absolute Gasteiger partial charge is 0.347 e. The molecule has 3 aromatic rings. The lowest BCUT2D eigenvalue weighted by molar-refractivity contribution is -0.148. The lowest BCUT2D eigenvalue weighted by Gasteiger charge is -2.56. The smallest absolute Gasteiger partial charge is 0.223 e. The van der Waals surface area contributed by atoms with E-state index in [0.29, 0.717) is 29.8 Å². The average molecular weight is 418 g/mol. The molecule has 154 valence electrons. The van der Waals surface area contributed by atoms with E-state index in [2.05, 4.69) is 64.4 Å². The summed E-state index contributed by atoms with van der Waals surface area (Å²) in [6, 6.07) is 19.9. The lowest BCUT2D eigenvalue weighted by atomic mass is 9.71. The summed E-state index contributed by atoms with van der Waals surface area (Å²) in [4.78, 5) is 22.8. The molecule has 2 aromatic carbocycles. The molecule has 6 rings (SSSR count). The second kappa shape index (κ2) is 7.38. The molecule has 4 atom stereocenters. The van der Waals surface area contributed by atoms with E-state index in [9.17, 15) is 4.79 Å². The average Bonchev–Trinajstić information content (AvgIpc) is 3.22. The maximum absolute atomic E-state index is 13.0. The van der Waals surface area contributed by atoms with Crippen molar-refractivity contribution in [3.05, 3.63) is 60.2 Å². The highest BCUT2D eigenvalue weighted by molar-refractivity contribution is 7.22. The molecule has 3 aliphatic rings. The molecule has 3 fully saturated rings. The van der Waals surface area contributed by atoms with E-state index >= 15 is 0 Å². The fraction of sp³-hybridized carbons (Fsp3) is 0.440. The van der Waals surface area contributed by atoms with Crippen molar-refractivity contribution in [3.63, 3.8) is 0 Å². The Morgan fingerprint density at radius 3 is 2.67 bits per heavy atom. The molecule has 1 aromatic heterocycles. The van der Waals surface area contributed by atoms with Crippen LogP contribution >= 0.6 is 11.3 Å². The normalized spacial score (nSPS) is 28.6. The number of hydrogen-bond donors (Lipinski definition) is 0. The number of amides is 1. The van der Waals surface area contributed by atoms with E-state index in [1.54, 1.807) is 0 Å². The van der Waals surface area contributed by atoms with Gasteiger partial charge in [0.25, 0.3) is 0 Å². The number of benzene rings is 2. The standard InChI is InChI=1S/C25H27N3OS/c29-24-12-6-10-21-18-14-19(22(28(21)24)13-17-7-2-1-3-8-17)16-27(15-18)25-26-20-9-4-5-11-23(20)30-25/h1-5,7-9,11,18-19,21-22H,6,10,12-16H2/t18-,19+,21+,22+/m1/s1. The van der Waals surface area contributed by atoms with Gasteiger partial charge in [-0.1, -0.05) is 53.8 Å². The van der Waals surface area contributed by atoms with Gasteiger partial charge in [0.2, 0.25) is 5.91 Å². The number of piperidine rings is 3. The molecule has 0 radical (unpaired) electrons. The van der Waals surface area contributed by atoms with E-state index in [0.717, 1.165) is 49.4 Å². The molecule has 2 bridgehead atoms. The summed E-state index contributed by atoms with van der Waals surface area (Å²) in [6.45, 7) is 2.03. The van der Waals surface area contributed by atoms with Gasteiger partial charge in [0, 0.05) is 31.6 Å². The van der Waals surface area contributed by atoms with Crippen LogP contribution < -0.4 is 4.90 Å². The van der Waals surface area contributed by atoms with Gasteiger partial charge in [-0.25, -0.2) is 4.98 Å². The van der Waals surface area contributed by atoms with Crippen LogP contribution in [0.3, 0.4) is 0 Å². The first-order chi connectivity index (χ1) is 14.8. The van der Waals surface area contributed by atoms with Crippen molar-refractivity contribution in [1.29, 1.82) is 0 Å². The van der Waals surface area contributed by atoms with Crippen LogP contribution in [0.25, 0.3) is 10.2 Å². The summed E-state index contributed by atoms with van der Waals surface area (Å²) in [5, 5.41) is 1.15. The molecule has 0 N–H and O–H groups in total. The van der Waals surface area contributed by atoms with Crippen molar-refractivity contribution in [2.45, 2.75) is 44.2 Å². The van der Waals surface area contributed by atoms with Crippen LogP contribution in [0.5, 0.6) is 0 Å². The lowest BCUT2D eigenvalue weighted by Crippen LogP contribution is -2.65. The maximum Gasteiger partial charge on any atom is 0.223 e. The minimum atomic E-state index is 0.304. The SMILES string of the molecule is O=C1CCC[C@H]2[C@@H]3C[C@@H](CN(c4nc5ccccc5s4)C3)[C@H](Cc3ccccc3)N12. The summed E-state index contributed by atoms with van der Waals surface area (Å²) >= 11 is 1.81. The van der Waals surface area contributed by atoms with Crippen molar-refractivity contribution < 1.29 is 4.79 Å². The van der Waals surface area contributed by atoms with Crippen LogP contribution in [-0.4, -0.2) is 41.0 Å². The Bertz CT molecular complexity index is 1030. The third-order valence-corrected chi connectivity index (χ3v) is 8.43. The van der Waals surface area contributed by atoms with Crippen LogP contribution in [-0.2, 0) is 11.2 Å². The molecule has 0 spiro atoms. The quantitative estimate of drug-likeness (QED) is 0.617. The van der Waals surface area contributed by atoms with Crippen LogP contribution in [0.4, 0.5) is 5.13 Å². The number of nitrogens with zero attached hydrogens (tertiary/aromatic N) is 3. The molecule has 3 aliphatic heterocycles. The third kappa shape index (κ3) is 3.11. The third-order valence-electron chi connectivity index (χ3n) is 7.34. The van der Waals surface area contributed by atoms with Gasteiger partial charge in [0.15, 0.2) is 5.13 Å².